The molecule has 5 heteroatoms. The Morgan fingerprint density at radius 3 is 2.82 bits per heavy atom. The van der Waals surface area contributed by atoms with Crippen molar-refractivity contribution in [2.75, 3.05) is 0 Å². The summed E-state index contributed by atoms with van der Waals surface area (Å²) in [5.74, 6) is 0. The van der Waals surface area contributed by atoms with Gasteiger partial charge in [0.1, 0.15) is 5.71 Å². The van der Waals surface area contributed by atoms with Crippen LogP contribution in [0.3, 0.4) is 0 Å². The highest BCUT2D eigenvalue weighted by Gasteiger charge is 2.00. The molecule has 0 amide bonds. The molecular formula is C6H6N2O2S. The lowest BCUT2D eigenvalue weighted by molar-refractivity contribution is 0.316. The fourth-order valence-electron chi connectivity index (χ4n) is 0.618. The van der Waals surface area contributed by atoms with Gasteiger partial charge in [-0.1, -0.05) is 16.4 Å². The van der Waals surface area contributed by atoms with E-state index in [2.05, 4.69) is 10.3 Å². The molecule has 0 unspecified atom stereocenters. The van der Waals surface area contributed by atoms with Gasteiger partial charge in [-0.05, 0) is 11.4 Å². The number of oxime groups is 2. The minimum Gasteiger partial charge on any atom is -0.411 e. The molecule has 1 rings (SSSR count). The second-order valence-electron chi connectivity index (χ2n) is 1.71. The third-order valence-corrected chi connectivity index (χ3v) is 1.95. The maximum Gasteiger partial charge on any atom is 0.141 e. The zero-order valence-corrected chi connectivity index (χ0v) is 6.32. The predicted molar refractivity (Wildman–Crippen MR) is 42.9 cm³/mol. The first kappa shape index (κ1) is 7.74. The van der Waals surface area contributed by atoms with Crippen molar-refractivity contribution in [1.82, 2.24) is 0 Å². The Bertz CT molecular complexity index is 266. The van der Waals surface area contributed by atoms with E-state index >= 15 is 0 Å². The van der Waals surface area contributed by atoms with Crippen LogP contribution >= 0.6 is 11.3 Å². The largest absolute Gasteiger partial charge is 0.411 e. The molecule has 1 aromatic heterocycles. The molecule has 0 atom stereocenters. The number of rotatable bonds is 2. The maximum absolute atomic E-state index is 8.42. The lowest BCUT2D eigenvalue weighted by Gasteiger charge is -1.88. The van der Waals surface area contributed by atoms with Crippen molar-refractivity contribution in [3.63, 3.8) is 0 Å². The summed E-state index contributed by atoms with van der Waals surface area (Å²) in [5, 5.41) is 24.1. The Hall–Kier alpha value is -1.36. The second kappa shape index (κ2) is 3.72. The quantitative estimate of drug-likeness (QED) is 0.400. The van der Waals surface area contributed by atoms with E-state index < -0.39 is 0 Å². The summed E-state index contributed by atoms with van der Waals surface area (Å²) >= 11 is 1.40. The van der Waals surface area contributed by atoms with Crippen molar-refractivity contribution in [3.05, 3.63) is 22.4 Å². The van der Waals surface area contributed by atoms with Crippen molar-refractivity contribution in [2.45, 2.75) is 0 Å². The highest BCUT2D eigenvalue weighted by Crippen LogP contribution is 2.08. The normalized spacial score (nSPS) is 12.5. The Labute approximate surface area is 67.1 Å². The molecule has 0 fully saturated rings. The first-order chi connectivity index (χ1) is 5.38. The minimum absolute atomic E-state index is 0.252. The Kier molecular flexibility index (Phi) is 2.62. The summed E-state index contributed by atoms with van der Waals surface area (Å²) in [6.07, 6.45) is 1.08. The van der Waals surface area contributed by atoms with Gasteiger partial charge in [-0.3, -0.25) is 0 Å². The molecule has 0 aliphatic heterocycles. The molecule has 0 radical (unpaired) electrons. The first-order valence-electron chi connectivity index (χ1n) is 2.82. The van der Waals surface area contributed by atoms with E-state index in [1.165, 1.54) is 11.3 Å². The smallest absolute Gasteiger partial charge is 0.141 e. The highest BCUT2D eigenvalue weighted by molar-refractivity contribution is 7.12. The molecule has 0 saturated heterocycles. The van der Waals surface area contributed by atoms with Gasteiger partial charge in [0.2, 0.25) is 0 Å². The number of hydrogen-bond acceptors (Lipinski definition) is 5. The van der Waals surface area contributed by atoms with E-state index in [-0.39, 0.29) is 5.71 Å². The van der Waals surface area contributed by atoms with Crippen LogP contribution in [0.2, 0.25) is 0 Å². The molecule has 58 valence electrons. The van der Waals surface area contributed by atoms with Crippen LogP contribution in [-0.4, -0.2) is 22.3 Å². The van der Waals surface area contributed by atoms with Crippen molar-refractivity contribution in [1.29, 1.82) is 0 Å². The van der Waals surface area contributed by atoms with Crippen LogP contribution in [0, 0.1) is 0 Å². The van der Waals surface area contributed by atoms with Gasteiger partial charge in [-0.25, -0.2) is 0 Å². The van der Waals surface area contributed by atoms with Gasteiger partial charge in [0, 0.05) is 0 Å². The van der Waals surface area contributed by atoms with Crippen molar-refractivity contribution < 1.29 is 10.4 Å². The minimum atomic E-state index is 0.252. The van der Waals surface area contributed by atoms with Gasteiger partial charge < -0.3 is 10.4 Å². The molecule has 0 bridgehead atoms. The molecule has 0 aliphatic carbocycles. The zero-order valence-electron chi connectivity index (χ0n) is 5.51. The lowest BCUT2D eigenvalue weighted by Crippen LogP contribution is -1.98. The van der Waals surface area contributed by atoms with Gasteiger partial charge in [0.25, 0.3) is 0 Å². The molecular weight excluding hydrogens is 164 g/mol. The summed E-state index contributed by atoms with van der Waals surface area (Å²) in [5.41, 5.74) is 0.252. The van der Waals surface area contributed by atoms with E-state index in [9.17, 15) is 0 Å². The summed E-state index contributed by atoms with van der Waals surface area (Å²) < 4.78 is 0. The van der Waals surface area contributed by atoms with Gasteiger partial charge in [0.15, 0.2) is 0 Å². The van der Waals surface area contributed by atoms with Gasteiger partial charge in [0.05, 0.1) is 11.1 Å². The molecule has 11 heavy (non-hydrogen) atoms. The van der Waals surface area contributed by atoms with E-state index in [0.717, 1.165) is 11.1 Å². The summed E-state index contributed by atoms with van der Waals surface area (Å²) in [7, 11) is 0. The number of hydrogen-bond donors (Lipinski definition) is 2. The van der Waals surface area contributed by atoms with Gasteiger partial charge in [-0.15, -0.1) is 11.3 Å². The number of nitrogens with zero attached hydrogens (tertiary/aromatic N) is 2. The summed E-state index contributed by atoms with van der Waals surface area (Å²) in [6.45, 7) is 0. The fourth-order valence-corrected chi connectivity index (χ4v) is 1.29. The third-order valence-electron chi connectivity index (χ3n) is 1.06. The third kappa shape index (κ3) is 1.78. The Morgan fingerprint density at radius 2 is 2.36 bits per heavy atom. The molecule has 0 saturated carbocycles. The SMILES string of the molecule is O/N=C\C(=N/O)c1cccs1. The first-order valence-corrected chi connectivity index (χ1v) is 3.70. The van der Waals surface area contributed by atoms with Crippen LogP contribution in [0.25, 0.3) is 0 Å². The van der Waals surface area contributed by atoms with E-state index in [1.807, 2.05) is 11.4 Å². The van der Waals surface area contributed by atoms with Crippen LogP contribution < -0.4 is 0 Å². The molecule has 0 aromatic carbocycles. The van der Waals surface area contributed by atoms with Crippen LogP contribution in [0.15, 0.2) is 27.8 Å². The van der Waals surface area contributed by atoms with Gasteiger partial charge >= 0.3 is 0 Å². The lowest BCUT2D eigenvalue weighted by atomic mass is 10.3. The molecule has 2 N–H and O–H groups in total. The molecule has 1 heterocycles. The molecule has 0 spiro atoms. The van der Waals surface area contributed by atoms with Crippen LogP contribution in [-0.2, 0) is 0 Å². The zero-order chi connectivity index (χ0) is 8.10. The average Bonchev–Trinajstić information content (AvgIpc) is 2.52. The maximum atomic E-state index is 8.42. The van der Waals surface area contributed by atoms with Crippen LogP contribution in [0.4, 0.5) is 0 Å². The van der Waals surface area contributed by atoms with Crippen molar-refractivity contribution >= 4 is 23.3 Å². The molecule has 1 aromatic rings. The van der Waals surface area contributed by atoms with Crippen LogP contribution in [0.1, 0.15) is 4.88 Å². The van der Waals surface area contributed by atoms with E-state index in [4.69, 9.17) is 10.4 Å². The van der Waals surface area contributed by atoms with Crippen molar-refractivity contribution in [3.8, 4) is 0 Å². The monoisotopic (exact) mass is 170 g/mol. The van der Waals surface area contributed by atoms with E-state index in [1.54, 1.807) is 6.07 Å². The fraction of sp³-hybridized carbons (Fsp3) is 0. The highest BCUT2D eigenvalue weighted by atomic mass is 32.1. The number of thiophene rings is 1. The predicted octanol–water partition coefficient (Wildman–Crippen LogP) is 1.39. The topological polar surface area (TPSA) is 65.2 Å². The average molecular weight is 170 g/mol. The Morgan fingerprint density at radius 1 is 1.55 bits per heavy atom. The Balaban J connectivity index is 2.89. The second-order valence-corrected chi connectivity index (χ2v) is 2.65. The standard InChI is InChI=1S/C6H6N2O2S/c9-7-4-5(8-10)6-2-1-3-11-6/h1-4,9-10H/b7-4-,8-5+. The summed E-state index contributed by atoms with van der Waals surface area (Å²) in [6, 6.07) is 3.58. The molecule has 0 aliphatic rings. The van der Waals surface area contributed by atoms with Gasteiger partial charge in [-0.2, -0.15) is 0 Å². The molecule has 4 nitrogen and oxygen atoms in total. The van der Waals surface area contributed by atoms with E-state index in [0.29, 0.717) is 0 Å². The summed E-state index contributed by atoms with van der Waals surface area (Å²) in [4.78, 5) is 0.755. The van der Waals surface area contributed by atoms with Crippen LogP contribution in [0.5, 0.6) is 0 Å². The van der Waals surface area contributed by atoms with Crippen molar-refractivity contribution in [2.24, 2.45) is 10.3 Å².